The van der Waals surface area contributed by atoms with E-state index in [4.69, 9.17) is 10.4 Å². The zero-order valence-electron chi connectivity index (χ0n) is 4.18. The van der Waals surface area contributed by atoms with Crippen molar-refractivity contribution in [3.05, 3.63) is 0 Å². The third-order valence-corrected chi connectivity index (χ3v) is 0.585. The lowest BCUT2D eigenvalue weighted by Gasteiger charge is -2.00. The molecule has 1 atom stereocenters. The van der Waals surface area contributed by atoms with Gasteiger partial charge in [0.1, 0.15) is 0 Å². The second-order valence-electron chi connectivity index (χ2n) is 1.34. The molecule has 0 bridgehead atoms. The zero-order valence-corrected chi connectivity index (χ0v) is 4.18. The van der Waals surface area contributed by atoms with Crippen LogP contribution in [0.15, 0.2) is 0 Å². The lowest BCUT2D eigenvalue weighted by Crippen LogP contribution is -2.24. The molecule has 0 saturated carbocycles. The smallest absolute Gasteiger partial charge is 0.176 e. The molecule has 0 amide bonds. The van der Waals surface area contributed by atoms with Gasteiger partial charge in [0.2, 0.25) is 0 Å². The Kier molecular flexibility index (Phi) is 3.07. The van der Waals surface area contributed by atoms with Gasteiger partial charge >= 0.3 is 0 Å². The van der Waals surface area contributed by atoms with Crippen LogP contribution in [-0.4, -0.2) is 17.8 Å². The maximum absolute atomic E-state index is 8.25. The Bertz CT molecular complexity index is 76.2. The number of nitriles is 1. The van der Waals surface area contributed by atoms with Crippen molar-refractivity contribution in [1.82, 2.24) is 5.32 Å². The summed E-state index contributed by atoms with van der Waals surface area (Å²) in [6.45, 7) is 1.73. The van der Waals surface area contributed by atoms with Gasteiger partial charge in [0.05, 0.1) is 12.6 Å². The molecule has 0 spiro atoms. The van der Waals surface area contributed by atoms with Crippen molar-refractivity contribution in [2.24, 2.45) is 0 Å². The van der Waals surface area contributed by atoms with Crippen LogP contribution >= 0.6 is 0 Å². The quantitative estimate of drug-likeness (QED) is 0.361. The van der Waals surface area contributed by atoms with Crippen molar-refractivity contribution >= 4 is 0 Å². The summed E-state index contributed by atoms with van der Waals surface area (Å²) in [6, 6.07) is -0.106. The van der Waals surface area contributed by atoms with Crippen molar-refractivity contribution in [2.45, 2.75) is 13.0 Å². The highest BCUT2D eigenvalue weighted by molar-refractivity contribution is 4.70. The third kappa shape index (κ3) is 3.07. The number of rotatable bonds is 2. The number of aliphatic hydroxyl groups is 1. The zero-order chi connectivity index (χ0) is 5.70. The van der Waals surface area contributed by atoms with E-state index >= 15 is 0 Å². The molecule has 0 heterocycles. The van der Waals surface area contributed by atoms with Crippen LogP contribution in [0.1, 0.15) is 6.92 Å². The van der Waals surface area contributed by atoms with Crippen molar-refractivity contribution in [2.75, 3.05) is 6.61 Å². The van der Waals surface area contributed by atoms with Crippen molar-refractivity contribution in [3.63, 3.8) is 0 Å². The fourth-order valence-corrected chi connectivity index (χ4v) is 0.156. The van der Waals surface area contributed by atoms with Gasteiger partial charge in [0.15, 0.2) is 6.19 Å². The van der Waals surface area contributed by atoms with Crippen molar-refractivity contribution < 1.29 is 5.11 Å². The SMILES string of the molecule is CC(CO)NC#N. The first-order chi connectivity index (χ1) is 3.31. The molecule has 0 radical (unpaired) electrons. The molecule has 3 nitrogen and oxygen atoms in total. The first-order valence-corrected chi connectivity index (χ1v) is 2.06. The predicted octanol–water partition coefficient (Wildman–Crippen LogP) is -0.562. The largest absolute Gasteiger partial charge is 0.394 e. The number of nitrogens with one attached hydrogen (secondary N) is 1. The lowest BCUT2D eigenvalue weighted by molar-refractivity contribution is 0.262. The van der Waals surface area contributed by atoms with E-state index in [2.05, 4.69) is 5.32 Å². The summed E-state index contributed by atoms with van der Waals surface area (Å²) in [4.78, 5) is 0. The van der Waals surface area contributed by atoms with Crippen LogP contribution in [0.2, 0.25) is 0 Å². The van der Waals surface area contributed by atoms with Gasteiger partial charge in [-0.15, -0.1) is 0 Å². The van der Waals surface area contributed by atoms with Crippen LogP contribution in [-0.2, 0) is 0 Å². The van der Waals surface area contributed by atoms with Gasteiger partial charge in [0.25, 0.3) is 0 Å². The van der Waals surface area contributed by atoms with E-state index in [0.29, 0.717) is 0 Å². The number of hydrogen-bond acceptors (Lipinski definition) is 3. The molecular formula is C4H8N2O. The Morgan fingerprint density at radius 3 is 2.71 bits per heavy atom. The highest BCUT2D eigenvalue weighted by Gasteiger charge is 1.91. The first kappa shape index (κ1) is 6.25. The molecule has 0 rings (SSSR count). The molecule has 0 aromatic rings. The second kappa shape index (κ2) is 3.44. The Balaban J connectivity index is 3.03. The average Bonchev–Trinajstić information content (AvgIpc) is 1.68. The van der Waals surface area contributed by atoms with E-state index < -0.39 is 0 Å². The molecule has 7 heavy (non-hydrogen) atoms. The normalized spacial score (nSPS) is 12.1. The molecule has 2 N–H and O–H groups in total. The minimum Gasteiger partial charge on any atom is -0.394 e. The van der Waals surface area contributed by atoms with E-state index in [9.17, 15) is 0 Å². The lowest BCUT2D eigenvalue weighted by atomic mass is 10.4. The molecule has 40 valence electrons. The van der Waals surface area contributed by atoms with E-state index in [0.717, 1.165) is 0 Å². The summed E-state index contributed by atoms with van der Waals surface area (Å²) in [7, 11) is 0. The number of hydrogen-bond donors (Lipinski definition) is 2. The fourth-order valence-electron chi connectivity index (χ4n) is 0.156. The summed E-state index contributed by atoms with van der Waals surface area (Å²) >= 11 is 0. The molecular weight excluding hydrogens is 92.1 g/mol. The molecule has 3 heteroatoms. The number of nitrogens with zero attached hydrogens (tertiary/aromatic N) is 1. The molecule has 0 aliphatic heterocycles. The van der Waals surface area contributed by atoms with E-state index in [1.807, 2.05) is 0 Å². The Morgan fingerprint density at radius 1 is 2.00 bits per heavy atom. The van der Waals surface area contributed by atoms with E-state index in [1.54, 1.807) is 13.1 Å². The predicted molar refractivity (Wildman–Crippen MR) is 25.3 cm³/mol. The monoisotopic (exact) mass is 100 g/mol. The van der Waals surface area contributed by atoms with E-state index in [1.165, 1.54) is 0 Å². The van der Waals surface area contributed by atoms with Gasteiger partial charge in [-0.25, -0.2) is 0 Å². The van der Waals surface area contributed by atoms with Crippen molar-refractivity contribution in [3.8, 4) is 6.19 Å². The summed E-state index contributed by atoms with van der Waals surface area (Å²) in [6.07, 6.45) is 1.71. The van der Waals surface area contributed by atoms with Gasteiger partial charge < -0.3 is 10.4 Å². The minimum absolute atomic E-state index is 0.00750. The maximum atomic E-state index is 8.25. The van der Waals surface area contributed by atoms with Gasteiger partial charge in [-0.2, -0.15) is 5.26 Å². The van der Waals surface area contributed by atoms with Crippen LogP contribution in [0.3, 0.4) is 0 Å². The molecule has 0 fully saturated rings. The molecule has 0 aromatic carbocycles. The maximum Gasteiger partial charge on any atom is 0.176 e. The Labute approximate surface area is 42.6 Å². The molecule has 0 aliphatic carbocycles. The number of aliphatic hydroxyl groups excluding tert-OH is 1. The third-order valence-electron chi connectivity index (χ3n) is 0.585. The molecule has 0 aromatic heterocycles. The highest BCUT2D eigenvalue weighted by Crippen LogP contribution is 1.71. The van der Waals surface area contributed by atoms with Crippen LogP contribution in [0.25, 0.3) is 0 Å². The molecule has 0 aliphatic rings. The summed E-state index contributed by atoms with van der Waals surface area (Å²) in [5.41, 5.74) is 0. The Hall–Kier alpha value is -0.750. The summed E-state index contributed by atoms with van der Waals surface area (Å²) in [5, 5.41) is 18.5. The van der Waals surface area contributed by atoms with Crippen LogP contribution in [0, 0.1) is 11.5 Å². The van der Waals surface area contributed by atoms with E-state index in [-0.39, 0.29) is 12.6 Å². The fraction of sp³-hybridized carbons (Fsp3) is 0.750. The minimum atomic E-state index is -0.106. The first-order valence-electron chi connectivity index (χ1n) is 2.06. The topological polar surface area (TPSA) is 56.0 Å². The van der Waals surface area contributed by atoms with Gasteiger partial charge in [-0.05, 0) is 6.92 Å². The molecule has 1 unspecified atom stereocenters. The Morgan fingerprint density at radius 2 is 2.57 bits per heavy atom. The molecule has 0 saturated heterocycles. The van der Waals surface area contributed by atoms with Crippen molar-refractivity contribution in [1.29, 1.82) is 5.26 Å². The summed E-state index contributed by atoms with van der Waals surface area (Å²) in [5.74, 6) is 0. The average molecular weight is 100 g/mol. The van der Waals surface area contributed by atoms with Gasteiger partial charge in [-0.1, -0.05) is 0 Å². The highest BCUT2D eigenvalue weighted by atomic mass is 16.3. The van der Waals surface area contributed by atoms with Crippen LogP contribution in [0.4, 0.5) is 0 Å². The second-order valence-corrected chi connectivity index (χ2v) is 1.34. The van der Waals surface area contributed by atoms with Crippen LogP contribution in [0.5, 0.6) is 0 Å². The van der Waals surface area contributed by atoms with Gasteiger partial charge in [0, 0.05) is 0 Å². The standard InChI is InChI=1S/C4H8N2O/c1-4(2-7)6-3-5/h4,6-7H,2H2,1H3. The van der Waals surface area contributed by atoms with Crippen LogP contribution < -0.4 is 5.32 Å². The van der Waals surface area contributed by atoms with Gasteiger partial charge in [-0.3, -0.25) is 0 Å². The summed E-state index contributed by atoms with van der Waals surface area (Å²) < 4.78 is 0.